The number of carbonyl (C=O) groups is 1. The lowest BCUT2D eigenvalue weighted by atomic mass is 10.0. The average molecular weight is 365 g/mol. The van der Waals surface area contributed by atoms with Crippen molar-refractivity contribution in [1.82, 2.24) is 24.8 Å². The van der Waals surface area contributed by atoms with Crippen LogP contribution in [-0.2, 0) is 9.53 Å². The number of aliphatic hydroxyl groups excluding tert-OH is 2. The number of fused-ring (bicyclic) bond motifs is 1. The molecule has 5 atom stereocenters. The summed E-state index contributed by atoms with van der Waals surface area (Å²) in [5.74, 6) is -0.300. The molecule has 3 unspecified atom stereocenters. The normalized spacial score (nSPS) is 27.2. The van der Waals surface area contributed by atoms with Gasteiger partial charge in [-0.25, -0.2) is 15.0 Å². The second-order valence-corrected chi connectivity index (χ2v) is 6.63. The molecule has 142 valence electrons. The quantitative estimate of drug-likeness (QED) is 0.406. The molecule has 1 aliphatic heterocycles. The van der Waals surface area contributed by atoms with Gasteiger partial charge in [0.1, 0.15) is 30.1 Å². The lowest BCUT2D eigenvalue weighted by Crippen LogP contribution is -2.53. The highest BCUT2D eigenvalue weighted by molar-refractivity contribution is 5.82. The van der Waals surface area contributed by atoms with Crippen molar-refractivity contribution in [2.75, 3.05) is 12.3 Å². The van der Waals surface area contributed by atoms with Gasteiger partial charge in [0, 0.05) is 0 Å². The van der Waals surface area contributed by atoms with Crippen LogP contribution in [0.3, 0.4) is 0 Å². The van der Waals surface area contributed by atoms with Gasteiger partial charge in [0.25, 0.3) is 0 Å². The predicted octanol–water partition coefficient (Wildman–Crippen LogP) is -1.87. The Morgan fingerprint density at radius 3 is 2.81 bits per heavy atom. The van der Waals surface area contributed by atoms with Crippen LogP contribution in [0.5, 0.6) is 0 Å². The van der Waals surface area contributed by atoms with Crippen LogP contribution in [0.15, 0.2) is 12.7 Å². The maximum Gasteiger partial charge on any atom is 0.237 e. The van der Waals surface area contributed by atoms with Crippen molar-refractivity contribution in [3.8, 4) is 0 Å². The Morgan fingerprint density at radius 2 is 2.15 bits per heavy atom. The van der Waals surface area contributed by atoms with Gasteiger partial charge in [-0.15, -0.1) is 0 Å². The van der Waals surface area contributed by atoms with Crippen LogP contribution >= 0.6 is 0 Å². The molecule has 1 saturated heterocycles. The molecule has 11 heteroatoms. The molecule has 0 saturated carbocycles. The summed E-state index contributed by atoms with van der Waals surface area (Å²) in [6.45, 7) is 3.23. The third-order valence-corrected chi connectivity index (χ3v) is 4.54. The van der Waals surface area contributed by atoms with E-state index in [1.165, 1.54) is 17.2 Å². The third kappa shape index (κ3) is 3.09. The molecule has 0 radical (unpaired) electrons. The minimum atomic E-state index is -1.13. The molecule has 1 aliphatic rings. The number of nitrogens with zero attached hydrogens (tertiary/aromatic N) is 4. The Morgan fingerprint density at radius 1 is 1.42 bits per heavy atom. The Balaban J connectivity index is 1.94. The average Bonchev–Trinajstić information content (AvgIpc) is 3.17. The highest BCUT2D eigenvalue weighted by Gasteiger charge is 2.46. The van der Waals surface area contributed by atoms with E-state index >= 15 is 0 Å². The number of nitrogens with two attached hydrogens (primary N) is 2. The number of nitrogens with one attached hydrogen (secondary N) is 1. The maximum atomic E-state index is 12.4. The van der Waals surface area contributed by atoms with Crippen molar-refractivity contribution in [3.63, 3.8) is 0 Å². The molecule has 1 fully saturated rings. The van der Waals surface area contributed by atoms with E-state index in [0.29, 0.717) is 11.2 Å². The number of carbonyl (C=O) groups excluding carboxylic acids is 1. The lowest BCUT2D eigenvalue weighted by molar-refractivity contribution is -0.125. The van der Waals surface area contributed by atoms with Gasteiger partial charge in [-0.2, -0.15) is 0 Å². The fraction of sp³-hybridized carbons (Fsp3) is 0.600. The van der Waals surface area contributed by atoms with Gasteiger partial charge in [-0.1, -0.05) is 13.8 Å². The zero-order valence-electron chi connectivity index (χ0n) is 14.5. The second-order valence-electron chi connectivity index (χ2n) is 6.63. The minimum absolute atomic E-state index is 0.0804. The minimum Gasteiger partial charge on any atom is -0.394 e. The molecule has 1 amide bonds. The Kier molecular flexibility index (Phi) is 5.05. The topological polar surface area (TPSA) is 174 Å². The van der Waals surface area contributed by atoms with E-state index in [2.05, 4.69) is 20.3 Å². The van der Waals surface area contributed by atoms with Crippen LogP contribution in [-0.4, -0.2) is 66.5 Å². The molecule has 26 heavy (non-hydrogen) atoms. The SMILES string of the molecule is CC(C)C(N)C(=O)NC1C(O)[C@@H](CO)O[C@H]1n1cnc2c(N)ncnc21. The first-order chi connectivity index (χ1) is 12.3. The lowest BCUT2D eigenvalue weighted by Gasteiger charge is -2.25. The Bertz CT molecular complexity index is 795. The molecule has 0 spiro atoms. The Hall–Kier alpha value is -2.34. The first-order valence-electron chi connectivity index (χ1n) is 8.28. The summed E-state index contributed by atoms with van der Waals surface area (Å²) in [7, 11) is 0. The number of hydrogen-bond donors (Lipinski definition) is 5. The first kappa shape index (κ1) is 18.5. The number of ether oxygens (including phenoxy) is 1. The van der Waals surface area contributed by atoms with Crippen molar-refractivity contribution in [3.05, 3.63) is 12.7 Å². The van der Waals surface area contributed by atoms with Crippen LogP contribution in [0, 0.1) is 5.92 Å². The monoisotopic (exact) mass is 365 g/mol. The van der Waals surface area contributed by atoms with E-state index in [1.807, 2.05) is 13.8 Å². The summed E-state index contributed by atoms with van der Waals surface area (Å²) < 4.78 is 7.27. The smallest absolute Gasteiger partial charge is 0.237 e. The molecule has 0 aromatic carbocycles. The second kappa shape index (κ2) is 7.11. The molecule has 3 heterocycles. The van der Waals surface area contributed by atoms with Gasteiger partial charge in [0.2, 0.25) is 5.91 Å². The maximum absolute atomic E-state index is 12.4. The largest absolute Gasteiger partial charge is 0.394 e. The summed E-state index contributed by atoms with van der Waals surface area (Å²) in [4.78, 5) is 24.6. The number of nitrogen functional groups attached to an aromatic ring is 1. The summed E-state index contributed by atoms with van der Waals surface area (Å²) in [5.41, 5.74) is 12.4. The number of rotatable bonds is 5. The van der Waals surface area contributed by atoms with Gasteiger partial charge >= 0.3 is 0 Å². The molecule has 7 N–H and O–H groups in total. The highest BCUT2D eigenvalue weighted by Crippen LogP contribution is 2.32. The van der Waals surface area contributed by atoms with E-state index in [1.54, 1.807) is 0 Å². The van der Waals surface area contributed by atoms with Crippen molar-refractivity contribution >= 4 is 22.9 Å². The van der Waals surface area contributed by atoms with Crippen molar-refractivity contribution in [2.24, 2.45) is 11.7 Å². The van der Waals surface area contributed by atoms with Gasteiger partial charge in [-0.3, -0.25) is 9.36 Å². The van der Waals surface area contributed by atoms with Crippen LogP contribution < -0.4 is 16.8 Å². The molecule has 11 nitrogen and oxygen atoms in total. The summed E-state index contributed by atoms with van der Waals surface area (Å²) in [5, 5.41) is 22.7. The van der Waals surface area contributed by atoms with E-state index in [-0.39, 0.29) is 11.7 Å². The number of aliphatic hydroxyl groups is 2. The zero-order valence-corrected chi connectivity index (χ0v) is 14.5. The molecule has 0 aliphatic carbocycles. The fourth-order valence-corrected chi connectivity index (χ4v) is 2.91. The zero-order chi connectivity index (χ0) is 19.0. The number of imidazole rings is 1. The van der Waals surface area contributed by atoms with Crippen LogP contribution in [0.1, 0.15) is 20.1 Å². The number of hydrogen-bond acceptors (Lipinski definition) is 9. The van der Waals surface area contributed by atoms with E-state index in [4.69, 9.17) is 16.2 Å². The van der Waals surface area contributed by atoms with Gasteiger partial charge in [-0.05, 0) is 5.92 Å². The van der Waals surface area contributed by atoms with Crippen LogP contribution in [0.4, 0.5) is 5.82 Å². The summed E-state index contributed by atoms with van der Waals surface area (Å²) in [6.07, 6.45) is -0.131. The Labute approximate surface area is 149 Å². The van der Waals surface area contributed by atoms with Gasteiger partial charge in [0.05, 0.1) is 19.0 Å². The summed E-state index contributed by atoms with van der Waals surface area (Å²) in [6, 6.07) is -1.59. The van der Waals surface area contributed by atoms with Crippen LogP contribution in [0.2, 0.25) is 0 Å². The number of amides is 1. The van der Waals surface area contributed by atoms with E-state index < -0.39 is 43.0 Å². The standard InChI is InChI=1S/C15H23N7O4/c1-6(2)8(16)14(25)21-9-11(24)7(3-23)26-15(9)22-5-20-10-12(17)18-4-19-13(10)22/h4-9,11,15,23-24H,3,16H2,1-2H3,(H,21,25)(H2,17,18,19)/t7-,8?,9?,11?,15-/m1/s1. The molecular formula is C15H23N7O4. The molecule has 2 aromatic heterocycles. The fourth-order valence-electron chi connectivity index (χ4n) is 2.91. The molecule has 2 aromatic rings. The van der Waals surface area contributed by atoms with Gasteiger partial charge in [0.15, 0.2) is 17.7 Å². The number of anilines is 1. The van der Waals surface area contributed by atoms with E-state index in [0.717, 1.165) is 0 Å². The van der Waals surface area contributed by atoms with Crippen molar-refractivity contribution in [2.45, 2.75) is 44.4 Å². The van der Waals surface area contributed by atoms with Gasteiger partial charge < -0.3 is 31.7 Å². The van der Waals surface area contributed by atoms with Crippen LogP contribution in [0.25, 0.3) is 11.2 Å². The summed E-state index contributed by atoms with van der Waals surface area (Å²) >= 11 is 0. The molecule has 3 rings (SSSR count). The highest BCUT2D eigenvalue weighted by atomic mass is 16.5. The third-order valence-electron chi connectivity index (χ3n) is 4.54. The molecular weight excluding hydrogens is 342 g/mol. The van der Waals surface area contributed by atoms with Crippen molar-refractivity contribution < 1.29 is 19.7 Å². The number of aromatic nitrogens is 4. The molecule has 0 bridgehead atoms. The first-order valence-corrected chi connectivity index (χ1v) is 8.28. The van der Waals surface area contributed by atoms with E-state index in [9.17, 15) is 15.0 Å². The van der Waals surface area contributed by atoms with Crippen molar-refractivity contribution in [1.29, 1.82) is 0 Å². The predicted molar refractivity (Wildman–Crippen MR) is 91.5 cm³/mol.